The number of hydrogen-bond donors (Lipinski definition) is 2. The minimum atomic E-state index is -0.411. The zero-order chi connectivity index (χ0) is 14.0. The lowest BCUT2D eigenvalue weighted by Gasteiger charge is -2.42. The first-order valence-corrected chi connectivity index (χ1v) is 7.33. The number of nitrogens with two attached hydrogens (primary N) is 1. The topological polar surface area (TPSA) is 67.6 Å². The number of carbonyl (C=O) groups excluding carboxylic acids is 1. The molecule has 3 N–H and O–H groups in total. The van der Waals surface area contributed by atoms with Gasteiger partial charge in [0.25, 0.3) is 0 Å². The molecule has 0 aromatic heterocycles. The van der Waals surface area contributed by atoms with Gasteiger partial charge in [-0.3, -0.25) is 0 Å². The highest BCUT2D eigenvalue weighted by atomic mass is 16.6. The van der Waals surface area contributed by atoms with Crippen LogP contribution in [0.25, 0.3) is 0 Å². The maximum atomic E-state index is 11.8. The van der Waals surface area contributed by atoms with Gasteiger partial charge in [-0.15, -0.1) is 0 Å². The van der Waals surface area contributed by atoms with Gasteiger partial charge in [0.1, 0.15) is 5.60 Å². The molecule has 2 unspecified atom stereocenters. The van der Waals surface area contributed by atoms with E-state index in [1.807, 2.05) is 20.8 Å². The first-order valence-electron chi connectivity index (χ1n) is 7.33. The van der Waals surface area contributed by atoms with Crippen LogP contribution in [-0.4, -0.2) is 48.3 Å². The van der Waals surface area contributed by atoms with E-state index in [-0.39, 0.29) is 6.09 Å². The molecule has 1 heterocycles. The molecular formula is C14H27N3O2. The molecule has 1 aliphatic heterocycles. The normalized spacial score (nSPS) is 28.3. The van der Waals surface area contributed by atoms with Gasteiger partial charge in [-0.25, -0.2) is 4.79 Å². The molecule has 2 fully saturated rings. The van der Waals surface area contributed by atoms with Gasteiger partial charge in [-0.05, 0) is 46.1 Å². The third-order valence-corrected chi connectivity index (χ3v) is 3.94. The molecular weight excluding hydrogens is 242 g/mol. The van der Waals surface area contributed by atoms with Gasteiger partial charge in [0, 0.05) is 25.2 Å². The van der Waals surface area contributed by atoms with Gasteiger partial charge in [0.05, 0.1) is 0 Å². The number of ether oxygens (including phenoxy) is 1. The Morgan fingerprint density at radius 2 is 2.05 bits per heavy atom. The lowest BCUT2D eigenvalue weighted by molar-refractivity contribution is 0.00370. The number of amides is 1. The molecule has 110 valence electrons. The molecule has 0 aromatic rings. The zero-order valence-corrected chi connectivity index (χ0v) is 12.3. The highest BCUT2D eigenvalue weighted by molar-refractivity contribution is 5.69. The molecule has 5 nitrogen and oxygen atoms in total. The number of carbonyl (C=O) groups is 1. The fourth-order valence-corrected chi connectivity index (χ4v) is 2.90. The Morgan fingerprint density at radius 3 is 2.63 bits per heavy atom. The second-order valence-corrected chi connectivity index (χ2v) is 6.78. The van der Waals surface area contributed by atoms with E-state index in [1.54, 1.807) is 4.90 Å². The Bertz CT molecular complexity index is 321. The highest BCUT2D eigenvalue weighted by Crippen LogP contribution is 2.26. The van der Waals surface area contributed by atoms with E-state index in [2.05, 4.69) is 5.32 Å². The van der Waals surface area contributed by atoms with Crippen molar-refractivity contribution >= 4 is 6.09 Å². The van der Waals surface area contributed by atoms with E-state index in [0.717, 1.165) is 19.6 Å². The van der Waals surface area contributed by atoms with Crippen molar-refractivity contribution in [2.45, 2.75) is 57.7 Å². The van der Waals surface area contributed by atoms with Crippen LogP contribution in [-0.2, 0) is 4.74 Å². The van der Waals surface area contributed by atoms with Crippen molar-refractivity contribution < 1.29 is 9.53 Å². The Hall–Kier alpha value is -0.810. The minimum absolute atomic E-state index is 0.202. The summed E-state index contributed by atoms with van der Waals surface area (Å²) < 4.78 is 5.34. The van der Waals surface area contributed by atoms with Gasteiger partial charge in [-0.1, -0.05) is 6.42 Å². The third-order valence-electron chi connectivity index (χ3n) is 3.94. The van der Waals surface area contributed by atoms with Crippen molar-refractivity contribution in [3.63, 3.8) is 0 Å². The van der Waals surface area contributed by atoms with Crippen LogP contribution in [0, 0.1) is 5.92 Å². The van der Waals surface area contributed by atoms with Crippen LogP contribution in [0.15, 0.2) is 0 Å². The highest BCUT2D eigenvalue weighted by Gasteiger charge is 2.36. The Morgan fingerprint density at radius 1 is 1.37 bits per heavy atom. The van der Waals surface area contributed by atoms with Crippen LogP contribution in [0.5, 0.6) is 0 Å². The first-order chi connectivity index (χ1) is 8.89. The fraction of sp³-hybridized carbons (Fsp3) is 0.929. The maximum absolute atomic E-state index is 11.8. The smallest absolute Gasteiger partial charge is 0.410 e. The van der Waals surface area contributed by atoms with Crippen molar-refractivity contribution in [1.29, 1.82) is 0 Å². The average Bonchev–Trinajstić information content (AvgIpc) is 2.66. The molecule has 1 saturated carbocycles. The molecule has 19 heavy (non-hydrogen) atoms. The SMILES string of the molecule is CC(C)(C)OC(=O)N1CC(NC2CCCC2CN)C1. The molecule has 2 aliphatic rings. The molecule has 1 saturated heterocycles. The van der Waals surface area contributed by atoms with Crippen LogP contribution in [0.3, 0.4) is 0 Å². The maximum Gasteiger partial charge on any atom is 0.410 e. The third kappa shape index (κ3) is 3.83. The molecule has 2 atom stereocenters. The molecule has 1 amide bonds. The second kappa shape index (κ2) is 5.67. The number of nitrogens with one attached hydrogen (secondary N) is 1. The van der Waals surface area contributed by atoms with Gasteiger partial charge in [-0.2, -0.15) is 0 Å². The van der Waals surface area contributed by atoms with Crippen LogP contribution in [0.2, 0.25) is 0 Å². The van der Waals surface area contributed by atoms with Gasteiger partial charge in [0.15, 0.2) is 0 Å². The largest absolute Gasteiger partial charge is 0.444 e. The monoisotopic (exact) mass is 269 g/mol. The molecule has 5 heteroatoms. The van der Waals surface area contributed by atoms with E-state index in [4.69, 9.17) is 10.5 Å². The van der Waals surface area contributed by atoms with Gasteiger partial charge >= 0.3 is 6.09 Å². The van der Waals surface area contributed by atoms with Crippen LogP contribution in [0.4, 0.5) is 4.79 Å². The lowest BCUT2D eigenvalue weighted by atomic mass is 10.0. The standard InChI is InChI=1S/C14H27N3O2/c1-14(2,3)19-13(18)17-8-11(9-17)16-12-6-4-5-10(12)7-15/h10-12,16H,4-9,15H2,1-3H3. The van der Waals surface area contributed by atoms with E-state index in [9.17, 15) is 4.79 Å². The molecule has 2 rings (SSSR count). The first kappa shape index (κ1) is 14.6. The predicted molar refractivity (Wildman–Crippen MR) is 74.9 cm³/mol. The lowest BCUT2D eigenvalue weighted by Crippen LogP contribution is -2.62. The Kier molecular flexibility index (Phi) is 4.36. The van der Waals surface area contributed by atoms with E-state index in [0.29, 0.717) is 18.0 Å². The summed E-state index contributed by atoms with van der Waals surface area (Å²) in [5.74, 6) is 0.607. The summed E-state index contributed by atoms with van der Waals surface area (Å²) in [4.78, 5) is 13.6. The summed E-state index contributed by atoms with van der Waals surface area (Å²) in [7, 11) is 0. The van der Waals surface area contributed by atoms with Crippen molar-refractivity contribution in [3.05, 3.63) is 0 Å². The summed E-state index contributed by atoms with van der Waals surface area (Å²) in [5, 5.41) is 3.63. The molecule has 0 aromatic carbocycles. The number of rotatable bonds is 3. The molecule has 0 spiro atoms. The molecule has 1 aliphatic carbocycles. The van der Waals surface area contributed by atoms with Crippen LogP contribution in [0.1, 0.15) is 40.0 Å². The molecule has 0 bridgehead atoms. The molecule has 0 radical (unpaired) electrons. The average molecular weight is 269 g/mol. The second-order valence-electron chi connectivity index (χ2n) is 6.78. The number of nitrogens with zero attached hydrogens (tertiary/aromatic N) is 1. The predicted octanol–water partition coefficient (Wildman–Crippen LogP) is 1.32. The number of likely N-dealkylation sites (tertiary alicyclic amines) is 1. The summed E-state index contributed by atoms with van der Waals surface area (Å²) in [5.41, 5.74) is 5.37. The van der Waals surface area contributed by atoms with Crippen molar-refractivity contribution in [1.82, 2.24) is 10.2 Å². The van der Waals surface area contributed by atoms with E-state index < -0.39 is 5.60 Å². The summed E-state index contributed by atoms with van der Waals surface area (Å²) >= 11 is 0. The van der Waals surface area contributed by atoms with Gasteiger partial charge < -0.3 is 20.7 Å². The summed E-state index contributed by atoms with van der Waals surface area (Å²) in [6.45, 7) is 7.95. The summed E-state index contributed by atoms with van der Waals surface area (Å²) in [6, 6.07) is 0.945. The van der Waals surface area contributed by atoms with Crippen molar-refractivity contribution in [2.24, 2.45) is 11.7 Å². The van der Waals surface area contributed by atoms with E-state index >= 15 is 0 Å². The van der Waals surface area contributed by atoms with Crippen molar-refractivity contribution in [3.8, 4) is 0 Å². The Balaban J connectivity index is 1.70. The fourth-order valence-electron chi connectivity index (χ4n) is 2.90. The summed E-state index contributed by atoms with van der Waals surface area (Å²) in [6.07, 6.45) is 3.51. The van der Waals surface area contributed by atoms with Crippen molar-refractivity contribution in [2.75, 3.05) is 19.6 Å². The minimum Gasteiger partial charge on any atom is -0.444 e. The Labute approximate surface area is 115 Å². The number of hydrogen-bond acceptors (Lipinski definition) is 4. The van der Waals surface area contributed by atoms with Gasteiger partial charge in [0.2, 0.25) is 0 Å². The zero-order valence-electron chi connectivity index (χ0n) is 12.3. The van der Waals surface area contributed by atoms with E-state index in [1.165, 1.54) is 19.3 Å². The van der Waals surface area contributed by atoms with Crippen LogP contribution < -0.4 is 11.1 Å². The quantitative estimate of drug-likeness (QED) is 0.811. The van der Waals surface area contributed by atoms with Crippen LogP contribution >= 0.6 is 0 Å².